The minimum Gasteiger partial charge on any atom is -0.486 e. The van der Waals surface area contributed by atoms with E-state index in [-0.39, 0.29) is 23.6 Å². The van der Waals surface area contributed by atoms with Crippen molar-refractivity contribution in [1.29, 1.82) is 0 Å². The first-order chi connectivity index (χ1) is 9.56. The molecule has 1 amide bonds. The van der Waals surface area contributed by atoms with Crippen molar-refractivity contribution in [2.24, 2.45) is 0 Å². The van der Waals surface area contributed by atoms with E-state index in [2.05, 4.69) is 5.32 Å². The molecule has 1 aliphatic heterocycles. The van der Waals surface area contributed by atoms with Crippen molar-refractivity contribution >= 4 is 11.9 Å². The molecule has 108 valence electrons. The normalized spacial score (nSPS) is 22.1. The van der Waals surface area contributed by atoms with E-state index in [1.165, 1.54) is 19.1 Å². The summed E-state index contributed by atoms with van der Waals surface area (Å²) >= 11 is 0. The molecule has 1 aliphatic rings. The van der Waals surface area contributed by atoms with Crippen molar-refractivity contribution in [3.05, 3.63) is 29.8 Å². The number of carboxylic acid groups (broad SMARTS) is 1. The number of benzene rings is 1. The van der Waals surface area contributed by atoms with Crippen LogP contribution in [0.15, 0.2) is 24.3 Å². The molecular formula is C14H17NO5. The fourth-order valence-electron chi connectivity index (χ4n) is 2.11. The number of rotatable bonds is 4. The van der Waals surface area contributed by atoms with Crippen molar-refractivity contribution in [3.63, 3.8) is 0 Å². The van der Waals surface area contributed by atoms with Crippen LogP contribution >= 0.6 is 0 Å². The highest BCUT2D eigenvalue weighted by Gasteiger charge is 2.28. The molecule has 0 saturated carbocycles. The van der Waals surface area contributed by atoms with Crippen LogP contribution in [0.1, 0.15) is 23.7 Å². The zero-order chi connectivity index (χ0) is 14.5. The number of carboxylic acids is 1. The van der Waals surface area contributed by atoms with E-state index >= 15 is 0 Å². The second-order valence-corrected chi connectivity index (χ2v) is 4.66. The first kappa shape index (κ1) is 14.3. The van der Waals surface area contributed by atoms with E-state index < -0.39 is 5.97 Å². The smallest absolute Gasteiger partial charge is 0.335 e. The van der Waals surface area contributed by atoms with E-state index in [0.29, 0.717) is 25.4 Å². The molecule has 1 heterocycles. The lowest BCUT2D eigenvalue weighted by atomic mass is 10.1. The van der Waals surface area contributed by atoms with Gasteiger partial charge in [0.1, 0.15) is 11.9 Å². The lowest BCUT2D eigenvalue weighted by Gasteiger charge is -2.32. The fourth-order valence-corrected chi connectivity index (χ4v) is 2.11. The number of aromatic carboxylic acids is 1. The van der Waals surface area contributed by atoms with Crippen LogP contribution in [-0.2, 0) is 9.53 Å². The van der Waals surface area contributed by atoms with Crippen molar-refractivity contribution in [3.8, 4) is 5.75 Å². The molecule has 0 aromatic heterocycles. The summed E-state index contributed by atoms with van der Waals surface area (Å²) in [4.78, 5) is 21.9. The number of ether oxygens (including phenoxy) is 2. The number of hydrogen-bond donors (Lipinski definition) is 2. The second kappa shape index (κ2) is 6.38. The van der Waals surface area contributed by atoms with Crippen molar-refractivity contribution in [1.82, 2.24) is 5.32 Å². The van der Waals surface area contributed by atoms with E-state index in [1.54, 1.807) is 12.1 Å². The predicted octanol–water partition coefficient (Wildman–Crippen LogP) is 1.06. The molecule has 1 fully saturated rings. The minimum absolute atomic E-state index is 0.0969. The van der Waals surface area contributed by atoms with Crippen LogP contribution in [0.25, 0.3) is 0 Å². The third kappa shape index (κ3) is 3.71. The zero-order valence-electron chi connectivity index (χ0n) is 11.2. The molecule has 0 bridgehead atoms. The summed E-state index contributed by atoms with van der Waals surface area (Å²) in [6, 6.07) is 6.07. The second-order valence-electron chi connectivity index (χ2n) is 4.66. The molecule has 20 heavy (non-hydrogen) atoms. The van der Waals surface area contributed by atoms with Crippen LogP contribution in [0.2, 0.25) is 0 Å². The Morgan fingerprint density at radius 3 is 2.65 bits per heavy atom. The molecule has 1 aromatic carbocycles. The maximum absolute atomic E-state index is 11.2. The summed E-state index contributed by atoms with van der Waals surface area (Å²) in [5.41, 5.74) is 0.204. The largest absolute Gasteiger partial charge is 0.486 e. The van der Waals surface area contributed by atoms with Crippen molar-refractivity contribution < 1.29 is 24.2 Å². The van der Waals surface area contributed by atoms with Crippen LogP contribution in [0, 0.1) is 0 Å². The molecular weight excluding hydrogens is 262 g/mol. The molecule has 0 radical (unpaired) electrons. The van der Waals surface area contributed by atoms with Gasteiger partial charge in [-0.3, -0.25) is 4.79 Å². The van der Waals surface area contributed by atoms with Gasteiger partial charge in [0.2, 0.25) is 5.91 Å². The van der Waals surface area contributed by atoms with Gasteiger partial charge in [-0.05, 0) is 30.7 Å². The summed E-state index contributed by atoms with van der Waals surface area (Å²) in [5, 5.41) is 11.7. The van der Waals surface area contributed by atoms with Gasteiger partial charge in [0.05, 0.1) is 18.2 Å². The third-order valence-corrected chi connectivity index (χ3v) is 3.08. The summed E-state index contributed by atoms with van der Waals surface area (Å²) in [6.07, 6.45) is 0.417. The maximum atomic E-state index is 11.2. The van der Waals surface area contributed by atoms with E-state index in [1.807, 2.05) is 0 Å². The average Bonchev–Trinajstić information content (AvgIpc) is 2.41. The Labute approximate surface area is 116 Å². The van der Waals surface area contributed by atoms with E-state index in [9.17, 15) is 9.59 Å². The highest BCUT2D eigenvalue weighted by Crippen LogP contribution is 2.18. The van der Waals surface area contributed by atoms with Crippen molar-refractivity contribution in [2.45, 2.75) is 25.5 Å². The fraction of sp³-hybridized carbons (Fsp3) is 0.429. The summed E-state index contributed by atoms with van der Waals surface area (Å²) in [7, 11) is 0. The Kier molecular flexibility index (Phi) is 4.57. The molecule has 6 nitrogen and oxygen atoms in total. The van der Waals surface area contributed by atoms with Gasteiger partial charge in [-0.2, -0.15) is 0 Å². The van der Waals surface area contributed by atoms with Gasteiger partial charge < -0.3 is 19.9 Å². The van der Waals surface area contributed by atoms with E-state index in [4.69, 9.17) is 14.6 Å². The van der Waals surface area contributed by atoms with Gasteiger partial charge in [-0.15, -0.1) is 0 Å². The number of amides is 1. The molecule has 0 unspecified atom stereocenters. The van der Waals surface area contributed by atoms with Crippen LogP contribution in [0.4, 0.5) is 0 Å². The molecule has 2 N–H and O–H groups in total. The Morgan fingerprint density at radius 1 is 1.35 bits per heavy atom. The Bertz CT molecular complexity index is 485. The SMILES string of the molecule is CC(=O)N[C@@H]1CCOC[C@H]1Oc1ccc(C(=O)O)cc1. The standard InChI is InChI=1S/C14H17NO5/c1-9(16)15-12-6-7-19-8-13(12)20-11-4-2-10(3-5-11)14(17)18/h2-5,12-13H,6-8H2,1H3,(H,15,16)(H,17,18)/t12-,13-/m1/s1. The van der Waals surface area contributed by atoms with Gasteiger partial charge >= 0.3 is 5.97 Å². The number of hydrogen-bond acceptors (Lipinski definition) is 4. The first-order valence-electron chi connectivity index (χ1n) is 6.41. The van der Waals surface area contributed by atoms with Crippen molar-refractivity contribution in [2.75, 3.05) is 13.2 Å². The Morgan fingerprint density at radius 2 is 2.05 bits per heavy atom. The van der Waals surface area contributed by atoms with Gasteiger partial charge in [0.25, 0.3) is 0 Å². The molecule has 1 saturated heterocycles. The van der Waals surface area contributed by atoms with E-state index in [0.717, 1.165) is 0 Å². The molecule has 1 aromatic rings. The molecule has 6 heteroatoms. The van der Waals surface area contributed by atoms with Crippen LogP contribution in [0.5, 0.6) is 5.75 Å². The van der Waals surface area contributed by atoms with Gasteiger partial charge in [-0.1, -0.05) is 0 Å². The molecule has 0 aliphatic carbocycles. The van der Waals surface area contributed by atoms with Gasteiger partial charge in [0, 0.05) is 13.5 Å². The lowest BCUT2D eigenvalue weighted by molar-refractivity contribution is -0.121. The number of carbonyl (C=O) groups excluding carboxylic acids is 1. The lowest BCUT2D eigenvalue weighted by Crippen LogP contribution is -2.50. The number of nitrogens with one attached hydrogen (secondary N) is 1. The highest BCUT2D eigenvalue weighted by molar-refractivity contribution is 5.87. The minimum atomic E-state index is -0.978. The maximum Gasteiger partial charge on any atom is 0.335 e. The summed E-state index contributed by atoms with van der Waals surface area (Å²) in [5.74, 6) is -0.527. The van der Waals surface area contributed by atoms with Crippen LogP contribution in [-0.4, -0.2) is 42.3 Å². The summed E-state index contributed by atoms with van der Waals surface area (Å²) < 4.78 is 11.1. The highest BCUT2D eigenvalue weighted by atomic mass is 16.5. The van der Waals surface area contributed by atoms with Crippen LogP contribution < -0.4 is 10.1 Å². The first-order valence-corrected chi connectivity index (χ1v) is 6.41. The molecule has 0 spiro atoms. The zero-order valence-corrected chi connectivity index (χ0v) is 11.2. The Hall–Kier alpha value is -2.08. The monoisotopic (exact) mass is 279 g/mol. The van der Waals surface area contributed by atoms with Crippen LogP contribution in [0.3, 0.4) is 0 Å². The van der Waals surface area contributed by atoms with Gasteiger partial charge in [-0.25, -0.2) is 4.79 Å². The topological polar surface area (TPSA) is 84.9 Å². The molecule has 2 rings (SSSR count). The summed E-state index contributed by atoms with van der Waals surface area (Å²) in [6.45, 7) is 2.45. The van der Waals surface area contributed by atoms with Gasteiger partial charge in [0.15, 0.2) is 0 Å². The average molecular weight is 279 g/mol. The Balaban J connectivity index is 2.02. The molecule has 2 atom stereocenters. The number of carbonyl (C=O) groups is 2. The third-order valence-electron chi connectivity index (χ3n) is 3.08. The quantitative estimate of drug-likeness (QED) is 0.860. The predicted molar refractivity (Wildman–Crippen MR) is 70.9 cm³/mol.